The summed E-state index contributed by atoms with van der Waals surface area (Å²) in [7, 11) is 0. The first kappa shape index (κ1) is 9.01. The minimum atomic E-state index is 0.923. The van der Waals surface area contributed by atoms with E-state index in [1.54, 1.807) is 0 Å². The number of morpholine rings is 1. The minimum Gasteiger partial charge on any atom is -0.379 e. The topological polar surface area (TPSA) is 12.5 Å². The maximum absolute atomic E-state index is 5.25. The molecule has 0 aliphatic carbocycles. The Kier molecular flexibility index (Phi) is 4.55. The number of hydrogen-bond acceptors (Lipinski definition) is 2. The van der Waals surface area contributed by atoms with Gasteiger partial charge in [-0.15, -0.1) is 0 Å². The van der Waals surface area contributed by atoms with E-state index in [4.69, 9.17) is 4.74 Å². The van der Waals surface area contributed by atoms with Crippen LogP contribution in [0.1, 0.15) is 19.8 Å². The molecule has 0 bridgehead atoms. The van der Waals surface area contributed by atoms with Gasteiger partial charge < -0.3 is 4.74 Å². The standard InChI is InChI=1S/C9H18NO/c1-2-3-4-5-10-6-8-11-9-7-10/h3H,2,4-9H2,1H3. The van der Waals surface area contributed by atoms with Gasteiger partial charge >= 0.3 is 0 Å². The molecule has 0 amide bonds. The molecular weight excluding hydrogens is 138 g/mol. The van der Waals surface area contributed by atoms with Crippen LogP contribution in [-0.4, -0.2) is 37.7 Å². The molecule has 0 spiro atoms. The lowest BCUT2D eigenvalue weighted by molar-refractivity contribution is 0.0383. The van der Waals surface area contributed by atoms with Crippen LogP contribution in [0.3, 0.4) is 0 Å². The van der Waals surface area contributed by atoms with Crippen LogP contribution in [0.4, 0.5) is 0 Å². The molecule has 0 aromatic heterocycles. The summed E-state index contributed by atoms with van der Waals surface area (Å²) >= 11 is 0. The lowest BCUT2D eigenvalue weighted by Gasteiger charge is -2.26. The maximum atomic E-state index is 5.25. The van der Waals surface area contributed by atoms with Gasteiger partial charge in [-0.3, -0.25) is 4.90 Å². The molecule has 1 heterocycles. The fourth-order valence-electron chi connectivity index (χ4n) is 1.30. The number of rotatable bonds is 4. The van der Waals surface area contributed by atoms with Crippen LogP contribution in [0.5, 0.6) is 0 Å². The number of unbranched alkanes of at least 4 members (excludes halogenated alkanes) is 2. The third kappa shape index (κ3) is 3.73. The van der Waals surface area contributed by atoms with E-state index < -0.39 is 0 Å². The van der Waals surface area contributed by atoms with E-state index in [-0.39, 0.29) is 0 Å². The van der Waals surface area contributed by atoms with Gasteiger partial charge in [0.05, 0.1) is 13.2 Å². The average molecular weight is 156 g/mol. The summed E-state index contributed by atoms with van der Waals surface area (Å²) in [5.41, 5.74) is 0. The molecule has 1 radical (unpaired) electrons. The van der Waals surface area contributed by atoms with Crippen molar-refractivity contribution in [3.05, 3.63) is 6.42 Å². The first-order valence-corrected chi connectivity index (χ1v) is 4.55. The molecule has 1 rings (SSSR count). The van der Waals surface area contributed by atoms with Gasteiger partial charge in [-0.25, -0.2) is 0 Å². The molecule has 11 heavy (non-hydrogen) atoms. The highest BCUT2D eigenvalue weighted by Gasteiger charge is 2.08. The van der Waals surface area contributed by atoms with Crippen molar-refractivity contribution in [3.63, 3.8) is 0 Å². The fourth-order valence-corrected chi connectivity index (χ4v) is 1.30. The number of ether oxygens (including phenoxy) is 1. The molecule has 1 saturated heterocycles. The zero-order valence-electron chi connectivity index (χ0n) is 7.38. The summed E-state index contributed by atoms with van der Waals surface area (Å²) in [6.45, 7) is 7.50. The highest BCUT2D eigenvalue weighted by molar-refractivity contribution is 4.67. The van der Waals surface area contributed by atoms with Crippen LogP contribution in [0, 0.1) is 6.42 Å². The van der Waals surface area contributed by atoms with Gasteiger partial charge in [0.1, 0.15) is 0 Å². The van der Waals surface area contributed by atoms with Crippen molar-refractivity contribution < 1.29 is 4.74 Å². The normalized spacial score (nSPS) is 20.5. The zero-order valence-corrected chi connectivity index (χ0v) is 7.38. The zero-order chi connectivity index (χ0) is 7.94. The highest BCUT2D eigenvalue weighted by Crippen LogP contribution is 2.00. The quantitative estimate of drug-likeness (QED) is 0.569. The van der Waals surface area contributed by atoms with Crippen molar-refractivity contribution in [3.8, 4) is 0 Å². The van der Waals surface area contributed by atoms with Crippen molar-refractivity contribution >= 4 is 0 Å². The molecule has 0 saturated carbocycles. The molecule has 1 fully saturated rings. The van der Waals surface area contributed by atoms with Crippen molar-refractivity contribution in [1.82, 2.24) is 4.90 Å². The SMILES string of the molecule is CC[CH]CCN1CCOCC1. The van der Waals surface area contributed by atoms with Crippen LogP contribution < -0.4 is 0 Å². The summed E-state index contributed by atoms with van der Waals surface area (Å²) in [5, 5.41) is 0. The second kappa shape index (κ2) is 5.56. The summed E-state index contributed by atoms with van der Waals surface area (Å²) in [4.78, 5) is 2.47. The Hall–Kier alpha value is -0.0800. The van der Waals surface area contributed by atoms with Gasteiger partial charge in [0.25, 0.3) is 0 Å². The van der Waals surface area contributed by atoms with E-state index in [1.165, 1.54) is 19.4 Å². The van der Waals surface area contributed by atoms with Gasteiger partial charge in [0, 0.05) is 13.1 Å². The molecule has 0 aromatic rings. The predicted octanol–water partition coefficient (Wildman–Crippen LogP) is 1.32. The van der Waals surface area contributed by atoms with E-state index in [0.717, 1.165) is 26.3 Å². The molecular formula is C9H18NO. The molecule has 0 aromatic carbocycles. The third-order valence-electron chi connectivity index (χ3n) is 2.04. The average Bonchev–Trinajstić information content (AvgIpc) is 2.07. The Labute approximate surface area is 69.5 Å². The lowest BCUT2D eigenvalue weighted by Crippen LogP contribution is -2.36. The summed E-state index contributed by atoms with van der Waals surface area (Å²) in [6, 6.07) is 0. The van der Waals surface area contributed by atoms with Crippen LogP contribution in [-0.2, 0) is 4.74 Å². The molecule has 1 aliphatic heterocycles. The lowest BCUT2D eigenvalue weighted by atomic mass is 10.2. The van der Waals surface area contributed by atoms with E-state index in [0.29, 0.717) is 0 Å². The second-order valence-corrected chi connectivity index (χ2v) is 2.94. The summed E-state index contributed by atoms with van der Waals surface area (Å²) in [6.07, 6.45) is 4.77. The molecule has 65 valence electrons. The molecule has 2 heteroatoms. The molecule has 0 N–H and O–H groups in total. The van der Waals surface area contributed by atoms with Crippen molar-refractivity contribution in [1.29, 1.82) is 0 Å². The Balaban J connectivity index is 1.96. The molecule has 2 nitrogen and oxygen atoms in total. The Morgan fingerprint density at radius 3 is 2.73 bits per heavy atom. The summed E-state index contributed by atoms with van der Waals surface area (Å²) in [5.74, 6) is 0. The monoisotopic (exact) mass is 156 g/mol. The van der Waals surface area contributed by atoms with Gasteiger partial charge in [0.15, 0.2) is 0 Å². The van der Waals surface area contributed by atoms with Crippen molar-refractivity contribution in [2.24, 2.45) is 0 Å². The first-order chi connectivity index (χ1) is 5.43. The van der Waals surface area contributed by atoms with Crippen LogP contribution in [0.15, 0.2) is 0 Å². The Morgan fingerprint density at radius 1 is 1.36 bits per heavy atom. The largest absolute Gasteiger partial charge is 0.379 e. The number of hydrogen-bond donors (Lipinski definition) is 0. The summed E-state index contributed by atoms with van der Waals surface area (Å²) < 4.78 is 5.25. The molecule has 1 aliphatic rings. The van der Waals surface area contributed by atoms with Crippen molar-refractivity contribution in [2.45, 2.75) is 19.8 Å². The Bertz CT molecular complexity index is 89.6. The maximum Gasteiger partial charge on any atom is 0.0594 e. The van der Waals surface area contributed by atoms with E-state index in [1.807, 2.05) is 0 Å². The van der Waals surface area contributed by atoms with Gasteiger partial charge in [0.2, 0.25) is 0 Å². The fraction of sp³-hybridized carbons (Fsp3) is 0.889. The number of nitrogens with zero attached hydrogens (tertiary/aromatic N) is 1. The second-order valence-electron chi connectivity index (χ2n) is 2.94. The Morgan fingerprint density at radius 2 is 2.09 bits per heavy atom. The van der Waals surface area contributed by atoms with E-state index in [2.05, 4.69) is 18.2 Å². The van der Waals surface area contributed by atoms with Gasteiger partial charge in [-0.2, -0.15) is 0 Å². The van der Waals surface area contributed by atoms with E-state index >= 15 is 0 Å². The third-order valence-corrected chi connectivity index (χ3v) is 2.04. The van der Waals surface area contributed by atoms with Crippen LogP contribution >= 0.6 is 0 Å². The minimum absolute atomic E-state index is 0.923. The smallest absolute Gasteiger partial charge is 0.0594 e. The predicted molar refractivity (Wildman–Crippen MR) is 46.5 cm³/mol. The molecule has 0 atom stereocenters. The van der Waals surface area contributed by atoms with Gasteiger partial charge in [-0.1, -0.05) is 13.3 Å². The van der Waals surface area contributed by atoms with Crippen LogP contribution in [0.2, 0.25) is 0 Å². The van der Waals surface area contributed by atoms with Gasteiger partial charge in [-0.05, 0) is 19.4 Å². The first-order valence-electron chi connectivity index (χ1n) is 4.55. The molecule has 0 unspecified atom stereocenters. The van der Waals surface area contributed by atoms with E-state index in [9.17, 15) is 0 Å². The van der Waals surface area contributed by atoms with Crippen LogP contribution in [0.25, 0.3) is 0 Å². The highest BCUT2D eigenvalue weighted by atomic mass is 16.5. The van der Waals surface area contributed by atoms with Crippen molar-refractivity contribution in [2.75, 3.05) is 32.8 Å².